The zero-order valence-electron chi connectivity index (χ0n) is 12.3. The molecule has 0 aliphatic carbocycles. The van der Waals surface area contributed by atoms with E-state index in [0.717, 1.165) is 0 Å². The molecule has 108 valence electrons. The molecule has 0 N–H and O–H groups in total. The molecule has 0 atom stereocenters. The molecule has 2 aromatic heterocycles. The Balaban J connectivity index is 2.08. The number of carbonyl (C=O) groups excluding carboxylic acids is 1. The van der Waals surface area contributed by atoms with Gasteiger partial charge in [0.15, 0.2) is 0 Å². The van der Waals surface area contributed by atoms with Gasteiger partial charge in [0.1, 0.15) is 0 Å². The highest BCUT2D eigenvalue weighted by Crippen LogP contribution is 2.23. The van der Waals surface area contributed by atoms with E-state index >= 15 is 0 Å². The number of hydrogen-bond donors (Lipinski definition) is 0. The fourth-order valence-electron chi connectivity index (χ4n) is 1.98. The van der Waals surface area contributed by atoms with Gasteiger partial charge in [-0.1, -0.05) is 32.9 Å². The smallest absolute Gasteiger partial charge is 0.223 e. The lowest BCUT2D eigenvalue weighted by molar-refractivity contribution is -0.134. The van der Waals surface area contributed by atoms with Crippen molar-refractivity contribution in [3.8, 4) is 0 Å². The summed E-state index contributed by atoms with van der Waals surface area (Å²) in [5.41, 5.74) is 0.0280. The molecule has 0 saturated carbocycles. The van der Waals surface area contributed by atoms with Crippen LogP contribution in [0.3, 0.4) is 0 Å². The zero-order chi connectivity index (χ0) is 14.6. The SMILES string of the molecule is CC(C)(C)CC(=O)N(Cc1cccs1)Cc1cccs1. The Hall–Kier alpha value is -1.13. The molecule has 2 rings (SSSR count). The summed E-state index contributed by atoms with van der Waals surface area (Å²) in [4.78, 5) is 17.0. The second-order valence-corrected chi connectivity index (χ2v) is 8.21. The van der Waals surface area contributed by atoms with Crippen LogP contribution in [0, 0.1) is 5.41 Å². The maximum atomic E-state index is 12.5. The highest BCUT2D eigenvalue weighted by Gasteiger charge is 2.22. The number of carbonyl (C=O) groups is 1. The second kappa shape index (κ2) is 6.55. The number of thiophene rings is 2. The summed E-state index contributed by atoms with van der Waals surface area (Å²) in [5.74, 6) is 0.235. The summed E-state index contributed by atoms with van der Waals surface area (Å²) in [5, 5.41) is 4.12. The Bertz CT molecular complexity index is 487. The van der Waals surface area contributed by atoms with Crippen LogP contribution >= 0.6 is 22.7 Å². The minimum absolute atomic E-state index is 0.0280. The Morgan fingerprint density at radius 3 is 1.90 bits per heavy atom. The summed E-state index contributed by atoms with van der Waals surface area (Å²) >= 11 is 3.42. The first kappa shape index (κ1) is 15.3. The molecule has 2 heterocycles. The highest BCUT2D eigenvalue weighted by atomic mass is 32.1. The minimum atomic E-state index is 0.0280. The van der Waals surface area contributed by atoms with E-state index in [1.165, 1.54) is 9.75 Å². The molecule has 2 nitrogen and oxygen atoms in total. The molecule has 1 amide bonds. The van der Waals surface area contributed by atoms with E-state index < -0.39 is 0 Å². The molecule has 0 bridgehead atoms. The average Bonchev–Trinajstić information content (AvgIpc) is 2.98. The van der Waals surface area contributed by atoms with Crippen LogP contribution in [0.1, 0.15) is 36.9 Å². The number of nitrogens with zero attached hydrogens (tertiary/aromatic N) is 1. The molecule has 0 aromatic carbocycles. The van der Waals surface area contributed by atoms with Crippen molar-refractivity contribution in [2.75, 3.05) is 0 Å². The molecule has 4 heteroatoms. The predicted molar refractivity (Wildman–Crippen MR) is 87.0 cm³/mol. The first-order valence-corrected chi connectivity index (χ1v) is 8.52. The molecule has 0 radical (unpaired) electrons. The largest absolute Gasteiger partial charge is 0.332 e. The van der Waals surface area contributed by atoms with Crippen LogP contribution in [0.2, 0.25) is 0 Å². The number of hydrogen-bond acceptors (Lipinski definition) is 3. The van der Waals surface area contributed by atoms with Gasteiger partial charge < -0.3 is 4.90 Å². The van der Waals surface area contributed by atoms with E-state index in [4.69, 9.17) is 0 Å². The van der Waals surface area contributed by atoms with Crippen molar-refractivity contribution >= 4 is 28.6 Å². The highest BCUT2D eigenvalue weighted by molar-refractivity contribution is 7.10. The maximum absolute atomic E-state index is 12.5. The Morgan fingerprint density at radius 1 is 1.05 bits per heavy atom. The predicted octanol–water partition coefficient (Wildman–Crippen LogP) is 4.77. The van der Waals surface area contributed by atoms with E-state index in [0.29, 0.717) is 19.5 Å². The molecule has 20 heavy (non-hydrogen) atoms. The van der Waals surface area contributed by atoms with Crippen LogP contribution < -0.4 is 0 Å². The van der Waals surface area contributed by atoms with E-state index in [1.807, 2.05) is 17.0 Å². The molecular formula is C16H21NOS2. The van der Waals surface area contributed by atoms with Crippen molar-refractivity contribution < 1.29 is 4.79 Å². The van der Waals surface area contributed by atoms with Crippen molar-refractivity contribution in [2.24, 2.45) is 5.41 Å². The fourth-order valence-corrected chi connectivity index (χ4v) is 3.42. The van der Waals surface area contributed by atoms with E-state index in [1.54, 1.807) is 22.7 Å². The molecule has 0 fully saturated rings. The van der Waals surface area contributed by atoms with Crippen LogP contribution in [0.15, 0.2) is 35.0 Å². The van der Waals surface area contributed by atoms with Crippen LogP contribution in [-0.4, -0.2) is 10.8 Å². The quantitative estimate of drug-likeness (QED) is 0.779. The van der Waals surface area contributed by atoms with Gasteiger partial charge in [-0.05, 0) is 28.3 Å². The van der Waals surface area contributed by atoms with Crippen LogP contribution in [0.5, 0.6) is 0 Å². The van der Waals surface area contributed by atoms with Crippen molar-refractivity contribution in [1.29, 1.82) is 0 Å². The van der Waals surface area contributed by atoms with Gasteiger partial charge in [0.25, 0.3) is 0 Å². The molecule has 0 aliphatic rings. The first-order valence-electron chi connectivity index (χ1n) is 6.76. The topological polar surface area (TPSA) is 20.3 Å². The summed E-state index contributed by atoms with van der Waals surface area (Å²) < 4.78 is 0. The summed E-state index contributed by atoms with van der Waals surface area (Å²) in [7, 11) is 0. The van der Waals surface area contributed by atoms with Crippen molar-refractivity contribution in [3.63, 3.8) is 0 Å². The Morgan fingerprint density at radius 2 is 1.55 bits per heavy atom. The van der Waals surface area contributed by atoms with Gasteiger partial charge in [-0.15, -0.1) is 22.7 Å². The third-order valence-electron chi connectivity index (χ3n) is 2.89. The average molecular weight is 307 g/mol. The Labute approximate surface area is 129 Å². The van der Waals surface area contributed by atoms with Gasteiger partial charge in [0, 0.05) is 16.2 Å². The lowest BCUT2D eigenvalue weighted by Gasteiger charge is -2.26. The second-order valence-electron chi connectivity index (χ2n) is 6.15. The number of rotatable bonds is 5. The summed E-state index contributed by atoms with van der Waals surface area (Å²) in [6.07, 6.45) is 0.587. The van der Waals surface area contributed by atoms with E-state index in [9.17, 15) is 4.79 Å². The molecule has 0 aliphatic heterocycles. The molecular weight excluding hydrogens is 286 g/mol. The van der Waals surface area contributed by atoms with Gasteiger partial charge in [0.2, 0.25) is 5.91 Å². The van der Waals surface area contributed by atoms with Gasteiger partial charge in [-0.3, -0.25) is 4.79 Å². The Kier molecular flexibility index (Phi) is 5.00. The summed E-state index contributed by atoms with van der Waals surface area (Å²) in [6.45, 7) is 7.76. The third kappa shape index (κ3) is 4.76. The first-order chi connectivity index (χ1) is 9.44. The number of amides is 1. The van der Waals surface area contributed by atoms with Gasteiger partial charge in [0.05, 0.1) is 13.1 Å². The van der Waals surface area contributed by atoms with Crippen molar-refractivity contribution in [3.05, 3.63) is 44.8 Å². The van der Waals surface area contributed by atoms with Crippen molar-refractivity contribution in [2.45, 2.75) is 40.3 Å². The maximum Gasteiger partial charge on any atom is 0.223 e. The van der Waals surface area contributed by atoms with Crippen molar-refractivity contribution in [1.82, 2.24) is 4.90 Å². The van der Waals surface area contributed by atoms with E-state index in [2.05, 4.69) is 43.7 Å². The van der Waals surface area contributed by atoms with Gasteiger partial charge in [-0.2, -0.15) is 0 Å². The summed E-state index contributed by atoms with van der Waals surface area (Å²) in [6, 6.07) is 8.27. The van der Waals surface area contributed by atoms with E-state index in [-0.39, 0.29) is 11.3 Å². The fraction of sp³-hybridized carbons (Fsp3) is 0.438. The molecule has 0 spiro atoms. The van der Waals surface area contributed by atoms with Crippen LogP contribution in [0.25, 0.3) is 0 Å². The van der Waals surface area contributed by atoms with Crippen LogP contribution in [0.4, 0.5) is 0 Å². The molecule has 2 aromatic rings. The van der Waals surface area contributed by atoms with Gasteiger partial charge >= 0.3 is 0 Å². The standard InChI is InChI=1S/C16H21NOS2/c1-16(2,3)10-15(18)17(11-13-6-4-8-19-13)12-14-7-5-9-20-14/h4-9H,10-12H2,1-3H3. The monoisotopic (exact) mass is 307 g/mol. The minimum Gasteiger partial charge on any atom is -0.332 e. The lowest BCUT2D eigenvalue weighted by atomic mass is 9.91. The normalized spacial score (nSPS) is 11.6. The lowest BCUT2D eigenvalue weighted by Crippen LogP contribution is -2.32. The molecule has 0 saturated heterocycles. The van der Waals surface area contributed by atoms with Crippen LogP contribution in [-0.2, 0) is 17.9 Å². The zero-order valence-corrected chi connectivity index (χ0v) is 13.9. The third-order valence-corrected chi connectivity index (χ3v) is 4.61. The van der Waals surface area contributed by atoms with Gasteiger partial charge in [-0.25, -0.2) is 0 Å². The molecule has 0 unspecified atom stereocenters.